The van der Waals surface area contributed by atoms with Crippen molar-refractivity contribution >= 4 is 11.6 Å². The number of para-hydroxylation sites is 1. The van der Waals surface area contributed by atoms with Gasteiger partial charge < -0.3 is 20.9 Å². The number of carbonyl (C=O) groups excluding carboxylic acids is 1. The summed E-state index contributed by atoms with van der Waals surface area (Å²) in [7, 11) is 0. The van der Waals surface area contributed by atoms with Gasteiger partial charge >= 0.3 is 0 Å². The molecule has 2 aromatic carbocycles. The van der Waals surface area contributed by atoms with Crippen LogP contribution in [0, 0.1) is 0 Å². The van der Waals surface area contributed by atoms with E-state index in [9.17, 15) is 4.79 Å². The fourth-order valence-electron chi connectivity index (χ4n) is 1.58. The molecule has 0 aliphatic rings. The maximum absolute atomic E-state index is 11.6. The lowest BCUT2D eigenvalue weighted by molar-refractivity contribution is -0.118. The fraction of sp³-hybridized carbons (Fsp3) is 0.133. The number of rotatable bonds is 5. The first-order valence-corrected chi connectivity index (χ1v) is 6.19. The molecule has 1 atom stereocenters. The number of hydrogen-bond donors (Lipinski definition) is 3. The molecule has 5 nitrogen and oxygen atoms in total. The Kier molecular flexibility index (Phi) is 4.70. The summed E-state index contributed by atoms with van der Waals surface area (Å²) in [4.78, 5) is 11.6. The summed E-state index contributed by atoms with van der Waals surface area (Å²) in [5.41, 5.74) is 5.99. The van der Waals surface area contributed by atoms with Gasteiger partial charge in [-0.25, -0.2) is 0 Å². The number of ether oxygens (including phenoxy) is 1. The standard InChI is InChI=1S/C15H16N2O3/c16-14(10-18)15(19)17-11-5-4-8-13(9-11)20-12-6-2-1-3-7-12/h1-9,14,18H,10,16H2,(H,17,19). The molecular formula is C15H16N2O3. The van der Waals surface area contributed by atoms with E-state index in [1.165, 1.54) is 0 Å². The van der Waals surface area contributed by atoms with Crippen molar-refractivity contribution in [3.63, 3.8) is 0 Å². The van der Waals surface area contributed by atoms with E-state index < -0.39 is 18.6 Å². The van der Waals surface area contributed by atoms with Crippen LogP contribution < -0.4 is 15.8 Å². The molecule has 0 saturated carbocycles. The molecule has 104 valence electrons. The van der Waals surface area contributed by atoms with Crippen molar-refractivity contribution < 1.29 is 14.6 Å². The van der Waals surface area contributed by atoms with Crippen LogP contribution in [0.1, 0.15) is 0 Å². The Hall–Kier alpha value is -2.37. The van der Waals surface area contributed by atoms with Crippen molar-refractivity contribution in [1.29, 1.82) is 0 Å². The van der Waals surface area contributed by atoms with Crippen LogP contribution in [-0.4, -0.2) is 23.7 Å². The number of hydrogen-bond acceptors (Lipinski definition) is 4. The smallest absolute Gasteiger partial charge is 0.243 e. The predicted octanol–water partition coefficient (Wildman–Crippen LogP) is 1.74. The molecule has 0 radical (unpaired) electrons. The first kappa shape index (κ1) is 14.0. The van der Waals surface area contributed by atoms with E-state index >= 15 is 0 Å². The zero-order valence-corrected chi connectivity index (χ0v) is 10.8. The van der Waals surface area contributed by atoms with Crippen LogP contribution >= 0.6 is 0 Å². The minimum absolute atomic E-state index is 0.397. The van der Waals surface area contributed by atoms with Gasteiger partial charge in [-0.3, -0.25) is 4.79 Å². The van der Waals surface area contributed by atoms with Crippen LogP contribution in [0.4, 0.5) is 5.69 Å². The summed E-state index contributed by atoms with van der Waals surface area (Å²) in [5, 5.41) is 11.4. The lowest BCUT2D eigenvalue weighted by Gasteiger charge is -2.11. The third kappa shape index (κ3) is 3.81. The monoisotopic (exact) mass is 272 g/mol. The summed E-state index contributed by atoms with van der Waals surface area (Å²) >= 11 is 0. The number of benzene rings is 2. The number of carbonyl (C=O) groups is 1. The van der Waals surface area contributed by atoms with Crippen molar-refractivity contribution in [3.8, 4) is 11.5 Å². The van der Waals surface area contributed by atoms with Gasteiger partial charge in [0.2, 0.25) is 5.91 Å². The molecule has 0 saturated heterocycles. The third-order valence-electron chi connectivity index (χ3n) is 2.61. The Morgan fingerprint density at radius 3 is 2.55 bits per heavy atom. The van der Waals surface area contributed by atoms with Crippen LogP contribution in [0.25, 0.3) is 0 Å². The van der Waals surface area contributed by atoms with Crippen LogP contribution in [-0.2, 0) is 4.79 Å². The molecule has 20 heavy (non-hydrogen) atoms. The molecule has 0 aromatic heterocycles. The molecule has 1 amide bonds. The average Bonchev–Trinajstić information content (AvgIpc) is 2.47. The summed E-state index contributed by atoms with van der Waals surface area (Å²) in [6, 6.07) is 15.4. The van der Waals surface area contributed by atoms with Gasteiger partial charge in [0.05, 0.1) is 6.61 Å². The van der Waals surface area contributed by atoms with E-state index in [1.54, 1.807) is 24.3 Å². The van der Waals surface area contributed by atoms with E-state index in [-0.39, 0.29) is 0 Å². The molecule has 1 unspecified atom stereocenters. The van der Waals surface area contributed by atoms with Gasteiger partial charge in [-0.2, -0.15) is 0 Å². The first-order chi connectivity index (χ1) is 9.69. The number of aliphatic hydroxyl groups is 1. The molecule has 4 N–H and O–H groups in total. The molecular weight excluding hydrogens is 256 g/mol. The van der Waals surface area contributed by atoms with Crippen molar-refractivity contribution in [2.24, 2.45) is 5.73 Å². The normalized spacial score (nSPS) is 11.7. The summed E-state index contributed by atoms with van der Waals surface area (Å²) in [5.74, 6) is 0.874. The highest BCUT2D eigenvalue weighted by Crippen LogP contribution is 2.23. The SMILES string of the molecule is NC(CO)C(=O)Nc1cccc(Oc2ccccc2)c1. The quantitative estimate of drug-likeness (QED) is 0.774. The number of anilines is 1. The van der Waals surface area contributed by atoms with E-state index in [1.807, 2.05) is 30.3 Å². The Bertz CT molecular complexity index is 572. The fourth-order valence-corrected chi connectivity index (χ4v) is 1.58. The average molecular weight is 272 g/mol. The van der Waals surface area contributed by atoms with Crippen LogP contribution in [0.15, 0.2) is 54.6 Å². The highest BCUT2D eigenvalue weighted by molar-refractivity contribution is 5.94. The van der Waals surface area contributed by atoms with E-state index in [0.717, 1.165) is 0 Å². The van der Waals surface area contributed by atoms with Crippen molar-refractivity contribution in [2.45, 2.75) is 6.04 Å². The molecule has 0 aliphatic heterocycles. The Balaban J connectivity index is 2.06. The summed E-state index contributed by atoms with van der Waals surface area (Å²) < 4.78 is 5.66. The molecule has 0 heterocycles. The van der Waals surface area contributed by atoms with Gasteiger partial charge in [0.1, 0.15) is 17.5 Å². The van der Waals surface area contributed by atoms with Crippen LogP contribution in [0.5, 0.6) is 11.5 Å². The minimum Gasteiger partial charge on any atom is -0.457 e. The van der Waals surface area contributed by atoms with Gasteiger partial charge in [-0.15, -0.1) is 0 Å². The van der Waals surface area contributed by atoms with Gasteiger partial charge in [0.25, 0.3) is 0 Å². The van der Waals surface area contributed by atoms with Gasteiger partial charge in [0, 0.05) is 11.8 Å². The number of nitrogens with one attached hydrogen (secondary N) is 1. The summed E-state index contributed by atoms with van der Waals surface area (Å²) in [6.45, 7) is -0.397. The minimum atomic E-state index is -0.936. The van der Waals surface area contributed by atoms with E-state index in [2.05, 4.69) is 5.32 Å². The Morgan fingerprint density at radius 2 is 1.85 bits per heavy atom. The second kappa shape index (κ2) is 6.70. The van der Waals surface area contributed by atoms with E-state index in [0.29, 0.717) is 17.2 Å². The van der Waals surface area contributed by atoms with Crippen LogP contribution in [0.3, 0.4) is 0 Å². The second-order valence-electron chi connectivity index (χ2n) is 4.22. The van der Waals surface area contributed by atoms with Crippen molar-refractivity contribution in [1.82, 2.24) is 0 Å². The van der Waals surface area contributed by atoms with Crippen molar-refractivity contribution in [3.05, 3.63) is 54.6 Å². The molecule has 5 heteroatoms. The Morgan fingerprint density at radius 1 is 1.15 bits per heavy atom. The lowest BCUT2D eigenvalue weighted by Crippen LogP contribution is -2.38. The van der Waals surface area contributed by atoms with Gasteiger partial charge in [0.15, 0.2) is 0 Å². The highest BCUT2D eigenvalue weighted by Gasteiger charge is 2.12. The summed E-state index contributed by atoms with van der Waals surface area (Å²) in [6.07, 6.45) is 0. The number of aliphatic hydroxyl groups excluding tert-OH is 1. The molecule has 2 rings (SSSR count). The van der Waals surface area contributed by atoms with Crippen molar-refractivity contribution in [2.75, 3.05) is 11.9 Å². The molecule has 0 bridgehead atoms. The molecule has 0 spiro atoms. The molecule has 0 fully saturated rings. The molecule has 2 aromatic rings. The maximum Gasteiger partial charge on any atom is 0.243 e. The largest absolute Gasteiger partial charge is 0.457 e. The first-order valence-electron chi connectivity index (χ1n) is 6.19. The van der Waals surface area contributed by atoms with Gasteiger partial charge in [-0.1, -0.05) is 24.3 Å². The highest BCUT2D eigenvalue weighted by atomic mass is 16.5. The third-order valence-corrected chi connectivity index (χ3v) is 2.61. The molecule has 0 aliphatic carbocycles. The number of nitrogens with two attached hydrogens (primary N) is 1. The topological polar surface area (TPSA) is 84.6 Å². The Labute approximate surface area is 117 Å². The second-order valence-corrected chi connectivity index (χ2v) is 4.22. The van der Waals surface area contributed by atoms with Gasteiger partial charge in [-0.05, 0) is 24.3 Å². The lowest BCUT2D eigenvalue weighted by atomic mass is 10.2. The zero-order valence-electron chi connectivity index (χ0n) is 10.8. The predicted molar refractivity (Wildman–Crippen MR) is 76.6 cm³/mol. The van der Waals surface area contributed by atoms with Crippen LogP contribution in [0.2, 0.25) is 0 Å². The zero-order chi connectivity index (χ0) is 14.4. The maximum atomic E-state index is 11.6. The number of amides is 1. The van der Waals surface area contributed by atoms with E-state index in [4.69, 9.17) is 15.6 Å².